The Balaban J connectivity index is 1.79. The molecule has 4 nitrogen and oxygen atoms in total. The van der Waals surface area contributed by atoms with Crippen molar-refractivity contribution in [3.63, 3.8) is 0 Å². The molecule has 0 atom stereocenters. The molecule has 0 saturated carbocycles. The summed E-state index contributed by atoms with van der Waals surface area (Å²) in [6.45, 7) is 0. The van der Waals surface area contributed by atoms with Crippen LogP contribution in [-0.2, 0) is 0 Å². The maximum absolute atomic E-state index is 4.47. The maximum Gasteiger partial charge on any atom is 0.142 e. The molecule has 0 amide bonds. The first-order valence-corrected chi connectivity index (χ1v) is 8.32. The lowest BCUT2D eigenvalue weighted by atomic mass is 10.1. The van der Waals surface area contributed by atoms with Crippen LogP contribution in [0.4, 0.5) is 5.82 Å². The van der Waals surface area contributed by atoms with E-state index in [0.29, 0.717) is 0 Å². The van der Waals surface area contributed by atoms with E-state index >= 15 is 0 Å². The Bertz CT molecular complexity index is 877. The zero-order chi connectivity index (χ0) is 16.2. The molecule has 24 heavy (non-hydrogen) atoms. The standard InChI is InChI=1S/C19H14N4S/c1-4-10-20-16(7-1)15-13-18(17-8-2-5-11-21-17)24-23(14-15)19-9-3-6-12-22-19/h1-14H. The number of anilines is 1. The quantitative estimate of drug-likeness (QED) is 0.665. The van der Waals surface area contributed by atoms with Crippen LogP contribution in [0.5, 0.6) is 0 Å². The Morgan fingerprint density at radius 2 is 1.38 bits per heavy atom. The lowest BCUT2D eigenvalue weighted by Crippen LogP contribution is -2.12. The van der Waals surface area contributed by atoms with Crippen molar-refractivity contribution in [3.8, 4) is 0 Å². The third kappa shape index (κ3) is 3.07. The average Bonchev–Trinajstić information content (AvgIpc) is 2.70. The van der Waals surface area contributed by atoms with E-state index in [-0.39, 0.29) is 0 Å². The predicted octanol–water partition coefficient (Wildman–Crippen LogP) is 4.42. The summed E-state index contributed by atoms with van der Waals surface area (Å²) in [5.41, 5.74) is 2.89. The largest absolute Gasteiger partial charge is 0.271 e. The van der Waals surface area contributed by atoms with E-state index in [1.165, 1.54) is 0 Å². The number of nitrogens with zero attached hydrogens (tertiary/aromatic N) is 4. The fourth-order valence-corrected chi connectivity index (χ4v) is 3.34. The first-order valence-electron chi connectivity index (χ1n) is 7.55. The lowest BCUT2D eigenvalue weighted by Gasteiger charge is -2.24. The van der Waals surface area contributed by atoms with Crippen molar-refractivity contribution in [1.29, 1.82) is 0 Å². The van der Waals surface area contributed by atoms with Crippen LogP contribution < -0.4 is 4.31 Å². The summed E-state index contributed by atoms with van der Waals surface area (Å²) in [6.07, 6.45) is 9.58. The predicted molar refractivity (Wildman–Crippen MR) is 98.7 cm³/mol. The molecule has 0 fully saturated rings. The van der Waals surface area contributed by atoms with Gasteiger partial charge in [0, 0.05) is 30.4 Å². The van der Waals surface area contributed by atoms with Gasteiger partial charge in [0.2, 0.25) is 0 Å². The highest BCUT2D eigenvalue weighted by Gasteiger charge is 2.19. The molecule has 0 bridgehead atoms. The molecule has 4 heterocycles. The monoisotopic (exact) mass is 330 g/mol. The summed E-state index contributed by atoms with van der Waals surface area (Å²) in [6, 6.07) is 17.7. The molecule has 3 aromatic heterocycles. The molecular formula is C19H14N4S. The molecule has 0 aromatic carbocycles. The molecule has 0 radical (unpaired) electrons. The van der Waals surface area contributed by atoms with Gasteiger partial charge in [0.1, 0.15) is 5.82 Å². The first-order chi connectivity index (χ1) is 11.9. The normalized spacial score (nSPS) is 14.1. The molecule has 1 aliphatic rings. The minimum absolute atomic E-state index is 0.873. The van der Waals surface area contributed by atoms with Crippen molar-refractivity contribution >= 4 is 28.2 Å². The summed E-state index contributed by atoms with van der Waals surface area (Å²) >= 11 is 1.60. The van der Waals surface area contributed by atoms with Gasteiger partial charge in [-0.1, -0.05) is 18.2 Å². The second-order valence-electron chi connectivity index (χ2n) is 5.13. The molecule has 3 aromatic rings. The topological polar surface area (TPSA) is 41.9 Å². The molecule has 116 valence electrons. The third-order valence-corrected chi connectivity index (χ3v) is 4.51. The van der Waals surface area contributed by atoms with Gasteiger partial charge in [0.15, 0.2) is 0 Å². The molecule has 4 rings (SSSR count). The van der Waals surface area contributed by atoms with Gasteiger partial charge in [0.05, 0.1) is 16.3 Å². The minimum Gasteiger partial charge on any atom is -0.271 e. The van der Waals surface area contributed by atoms with Gasteiger partial charge >= 0.3 is 0 Å². The maximum atomic E-state index is 4.47. The first kappa shape index (κ1) is 14.7. The van der Waals surface area contributed by atoms with Gasteiger partial charge < -0.3 is 0 Å². The van der Waals surface area contributed by atoms with Crippen LogP contribution >= 0.6 is 11.9 Å². The Labute approximate surface area is 144 Å². The number of pyridine rings is 3. The Morgan fingerprint density at radius 1 is 0.708 bits per heavy atom. The van der Waals surface area contributed by atoms with Crippen LogP contribution in [-0.4, -0.2) is 15.0 Å². The van der Waals surface area contributed by atoms with Gasteiger partial charge in [-0.25, -0.2) is 4.98 Å². The molecule has 0 N–H and O–H groups in total. The summed E-state index contributed by atoms with van der Waals surface area (Å²) in [5, 5.41) is 0. The molecule has 0 unspecified atom stereocenters. The van der Waals surface area contributed by atoms with E-state index in [2.05, 4.69) is 27.2 Å². The van der Waals surface area contributed by atoms with Crippen LogP contribution in [0.25, 0.3) is 10.5 Å². The van der Waals surface area contributed by atoms with Gasteiger partial charge in [-0.2, -0.15) is 0 Å². The second-order valence-corrected chi connectivity index (χ2v) is 6.14. The van der Waals surface area contributed by atoms with Crippen LogP contribution in [0.2, 0.25) is 0 Å². The Kier molecular flexibility index (Phi) is 4.08. The van der Waals surface area contributed by atoms with Gasteiger partial charge in [-0.05, 0) is 54.4 Å². The Morgan fingerprint density at radius 3 is 2.00 bits per heavy atom. The highest BCUT2D eigenvalue weighted by molar-refractivity contribution is 8.09. The molecule has 0 aliphatic carbocycles. The second kappa shape index (κ2) is 6.68. The SMILES string of the molecule is C1=C(c2ccccn2)C=C(c2ccccn2)SN1c1ccccn1. The Hall–Kier alpha value is -2.92. The molecule has 0 saturated heterocycles. The van der Waals surface area contributed by atoms with Crippen molar-refractivity contribution in [2.45, 2.75) is 0 Å². The number of hydrogen-bond acceptors (Lipinski definition) is 5. The van der Waals surface area contributed by atoms with E-state index in [4.69, 9.17) is 0 Å². The zero-order valence-corrected chi connectivity index (χ0v) is 13.6. The number of hydrogen-bond donors (Lipinski definition) is 0. The van der Waals surface area contributed by atoms with Gasteiger partial charge in [-0.15, -0.1) is 0 Å². The fourth-order valence-electron chi connectivity index (χ4n) is 2.36. The molecule has 1 aliphatic heterocycles. The highest BCUT2D eigenvalue weighted by Crippen LogP contribution is 2.39. The molecule has 5 heteroatoms. The fraction of sp³-hybridized carbons (Fsp3) is 0. The van der Waals surface area contributed by atoms with Crippen LogP contribution in [0.3, 0.4) is 0 Å². The average molecular weight is 330 g/mol. The number of rotatable bonds is 3. The van der Waals surface area contributed by atoms with E-state index in [0.717, 1.165) is 27.7 Å². The zero-order valence-electron chi connectivity index (χ0n) is 12.8. The third-order valence-electron chi connectivity index (χ3n) is 3.49. The van der Waals surface area contributed by atoms with Crippen molar-refractivity contribution < 1.29 is 0 Å². The minimum atomic E-state index is 0.873. The van der Waals surface area contributed by atoms with E-state index < -0.39 is 0 Å². The van der Waals surface area contributed by atoms with Crippen molar-refractivity contribution in [2.75, 3.05) is 4.31 Å². The van der Waals surface area contributed by atoms with Crippen LogP contribution in [0, 0.1) is 0 Å². The van der Waals surface area contributed by atoms with Gasteiger partial charge in [-0.3, -0.25) is 14.3 Å². The summed E-state index contributed by atoms with van der Waals surface area (Å²) in [7, 11) is 0. The van der Waals surface area contributed by atoms with E-state index in [1.807, 2.05) is 58.9 Å². The summed E-state index contributed by atoms with van der Waals surface area (Å²) in [4.78, 5) is 14.5. The number of allylic oxidation sites excluding steroid dienone is 2. The highest BCUT2D eigenvalue weighted by atomic mass is 32.2. The van der Waals surface area contributed by atoms with Crippen molar-refractivity contribution in [3.05, 3.63) is 96.9 Å². The van der Waals surface area contributed by atoms with Crippen molar-refractivity contribution in [2.24, 2.45) is 0 Å². The molecular weight excluding hydrogens is 316 g/mol. The summed E-state index contributed by atoms with van der Waals surface area (Å²) < 4.78 is 2.05. The van der Waals surface area contributed by atoms with Crippen molar-refractivity contribution in [1.82, 2.24) is 15.0 Å². The number of aromatic nitrogens is 3. The summed E-state index contributed by atoms with van der Waals surface area (Å²) in [5.74, 6) is 0.873. The van der Waals surface area contributed by atoms with E-state index in [1.54, 1.807) is 30.5 Å². The van der Waals surface area contributed by atoms with Crippen LogP contribution in [0.1, 0.15) is 11.4 Å². The smallest absolute Gasteiger partial charge is 0.142 e. The van der Waals surface area contributed by atoms with Crippen LogP contribution in [0.15, 0.2) is 85.5 Å². The van der Waals surface area contributed by atoms with Gasteiger partial charge in [0.25, 0.3) is 0 Å². The van der Waals surface area contributed by atoms with E-state index in [9.17, 15) is 0 Å². The molecule has 0 spiro atoms. The lowest BCUT2D eigenvalue weighted by molar-refractivity contribution is 1.23.